The van der Waals surface area contributed by atoms with E-state index < -0.39 is 0 Å². The van der Waals surface area contributed by atoms with E-state index >= 15 is 0 Å². The van der Waals surface area contributed by atoms with E-state index in [1.807, 2.05) is 25.7 Å². The molecule has 1 aliphatic heterocycles. The zero-order chi connectivity index (χ0) is 16.3. The fraction of sp³-hybridized carbons (Fsp3) is 0.867. The average molecular weight is 301 g/mol. The molecule has 0 aromatic rings. The van der Waals surface area contributed by atoms with Gasteiger partial charge in [-0.25, -0.2) is 0 Å². The quantitative estimate of drug-likeness (QED) is 0.693. The standard InChI is InChI=1S/C13H25N3O3.C2H6/c1-11(12(4-9-17)14-10-18)13(19)16-6-3-5-15(2)7-8-16;1-2/h10-12,17H,3-9H2,1-2H3,(H,14,18);1-2H3. The smallest absolute Gasteiger partial charge is 0.227 e. The molecule has 124 valence electrons. The van der Waals surface area contributed by atoms with Gasteiger partial charge >= 0.3 is 0 Å². The first kappa shape index (κ1) is 19.9. The van der Waals surface area contributed by atoms with Crippen molar-refractivity contribution in [2.75, 3.05) is 39.8 Å². The summed E-state index contributed by atoms with van der Waals surface area (Å²) >= 11 is 0. The molecule has 0 bridgehead atoms. The van der Waals surface area contributed by atoms with Gasteiger partial charge in [0.05, 0.1) is 5.92 Å². The highest BCUT2D eigenvalue weighted by Gasteiger charge is 2.28. The van der Waals surface area contributed by atoms with E-state index in [1.54, 1.807) is 0 Å². The molecule has 2 atom stereocenters. The Morgan fingerprint density at radius 3 is 2.52 bits per heavy atom. The number of nitrogens with zero attached hydrogens (tertiary/aromatic N) is 2. The van der Waals surface area contributed by atoms with Crippen LogP contribution in [0.15, 0.2) is 0 Å². The van der Waals surface area contributed by atoms with Crippen LogP contribution in [0, 0.1) is 5.92 Å². The van der Waals surface area contributed by atoms with Gasteiger partial charge in [0.2, 0.25) is 12.3 Å². The Morgan fingerprint density at radius 2 is 1.95 bits per heavy atom. The number of carbonyl (C=O) groups excluding carboxylic acids is 2. The Kier molecular flexibility index (Phi) is 10.9. The van der Waals surface area contributed by atoms with Gasteiger partial charge in [-0.3, -0.25) is 9.59 Å². The average Bonchev–Trinajstić information content (AvgIpc) is 2.72. The first-order valence-electron chi connectivity index (χ1n) is 7.88. The van der Waals surface area contributed by atoms with Crippen LogP contribution in [0.4, 0.5) is 0 Å². The monoisotopic (exact) mass is 301 g/mol. The number of aliphatic hydroxyl groups is 1. The molecule has 0 aromatic carbocycles. The summed E-state index contributed by atoms with van der Waals surface area (Å²) in [5.41, 5.74) is 0. The van der Waals surface area contributed by atoms with Crippen molar-refractivity contribution in [2.45, 2.75) is 39.7 Å². The lowest BCUT2D eigenvalue weighted by molar-refractivity contribution is -0.136. The lowest BCUT2D eigenvalue weighted by Crippen LogP contribution is -2.46. The minimum Gasteiger partial charge on any atom is -0.396 e. The molecular weight excluding hydrogens is 270 g/mol. The number of carbonyl (C=O) groups is 2. The van der Waals surface area contributed by atoms with Crippen LogP contribution in [0.3, 0.4) is 0 Å². The van der Waals surface area contributed by atoms with Crippen LogP contribution in [-0.4, -0.2) is 73.1 Å². The zero-order valence-corrected chi connectivity index (χ0v) is 13.8. The molecule has 1 heterocycles. The van der Waals surface area contributed by atoms with Gasteiger partial charge in [-0.15, -0.1) is 0 Å². The maximum atomic E-state index is 12.4. The van der Waals surface area contributed by atoms with E-state index in [-0.39, 0.29) is 24.5 Å². The van der Waals surface area contributed by atoms with Crippen molar-refractivity contribution in [3.05, 3.63) is 0 Å². The molecule has 2 amide bonds. The second kappa shape index (κ2) is 11.5. The van der Waals surface area contributed by atoms with Gasteiger partial charge in [-0.05, 0) is 26.4 Å². The van der Waals surface area contributed by atoms with E-state index in [0.29, 0.717) is 12.8 Å². The topological polar surface area (TPSA) is 72.9 Å². The molecule has 1 rings (SSSR count). The maximum Gasteiger partial charge on any atom is 0.227 e. The lowest BCUT2D eigenvalue weighted by atomic mass is 9.97. The highest BCUT2D eigenvalue weighted by Crippen LogP contribution is 2.13. The van der Waals surface area contributed by atoms with Crippen molar-refractivity contribution in [3.63, 3.8) is 0 Å². The van der Waals surface area contributed by atoms with Crippen molar-refractivity contribution >= 4 is 12.3 Å². The summed E-state index contributed by atoms with van der Waals surface area (Å²) in [7, 11) is 2.06. The van der Waals surface area contributed by atoms with Gasteiger partial charge in [-0.2, -0.15) is 0 Å². The molecule has 1 saturated heterocycles. The Bertz CT molecular complexity index is 300. The maximum absolute atomic E-state index is 12.4. The summed E-state index contributed by atoms with van der Waals surface area (Å²) in [6, 6.07) is -0.295. The van der Waals surface area contributed by atoms with Gasteiger partial charge in [0.1, 0.15) is 0 Å². The molecule has 6 nitrogen and oxygen atoms in total. The van der Waals surface area contributed by atoms with Crippen molar-refractivity contribution in [2.24, 2.45) is 5.92 Å². The van der Waals surface area contributed by atoms with Gasteiger partial charge in [0.15, 0.2) is 0 Å². The molecule has 6 heteroatoms. The molecule has 2 N–H and O–H groups in total. The Labute approximate surface area is 128 Å². The summed E-state index contributed by atoms with van der Waals surface area (Å²) in [5, 5.41) is 11.6. The van der Waals surface area contributed by atoms with Crippen molar-refractivity contribution in [3.8, 4) is 0 Å². The molecular formula is C15H31N3O3. The van der Waals surface area contributed by atoms with Crippen LogP contribution in [0.5, 0.6) is 0 Å². The molecule has 0 radical (unpaired) electrons. The third kappa shape index (κ3) is 6.91. The first-order chi connectivity index (χ1) is 10.1. The summed E-state index contributed by atoms with van der Waals surface area (Å²) in [6.07, 6.45) is 1.97. The summed E-state index contributed by atoms with van der Waals surface area (Å²) in [4.78, 5) is 27.1. The van der Waals surface area contributed by atoms with Crippen LogP contribution in [0.25, 0.3) is 0 Å². The SMILES string of the molecule is CC.CC(C(=O)N1CCCN(C)CC1)C(CCO)NC=O. The van der Waals surface area contributed by atoms with E-state index in [1.165, 1.54) is 0 Å². The van der Waals surface area contributed by atoms with E-state index in [0.717, 1.165) is 32.6 Å². The minimum absolute atomic E-state index is 0.0358. The van der Waals surface area contributed by atoms with Gasteiger partial charge in [-0.1, -0.05) is 20.8 Å². The molecule has 0 saturated carbocycles. The van der Waals surface area contributed by atoms with Crippen LogP contribution < -0.4 is 5.32 Å². The number of hydrogen-bond acceptors (Lipinski definition) is 4. The van der Waals surface area contributed by atoms with Gasteiger partial charge < -0.3 is 20.2 Å². The summed E-state index contributed by atoms with van der Waals surface area (Å²) in [6.45, 7) is 9.15. The third-order valence-corrected chi connectivity index (χ3v) is 3.75. The van der Waals surface area contributed by atoms with Crippen molar-refractivity contribution in [1.82, 2.24) is 15.1 Å². The molecule has 2 unspecified atom stereocenters. The van der Waals surface area contributed by atoms with E-state index in [9.17, 15) is 9.59 Å². The number of nitrogens with one attached hydrogen (secondary N) is 1. The Hall–Kier alpha value is -1.14. The Balaban J connectivity index is 0.00000191. The van der Waals surface area contributed by atoms with E-state index in [2.05, 4.69) is 17.3 Å². The number of hydrogen-bond donors (Lipinski definition) is 2. The van der Waals surface area contributed by atoms with Gasteiger partial charge in [0.25, 0.3) is 0 Å². The van der Waals surface area contributed by atoms with Crippen molar-refractivity contribution in [1.29, 1.82) is 0 Å². The minimum atomic E-state index is -0.305. The predicted octanol–water partition coefficient (Wildman–Crippen LogP) is 0.310. The number of amides is 2. The molecule has 0 spiro atoms. The summed E-state index contributed by atoms with van der Waals surface area (Å²) in [5.74, 6) is -0.246. The third-order valence-electron chi connectivity index (χ3n) is 3.75. The second-order valence-corrected chi connectivity index (χ2v) is 5.17. The van der Waals surface area contributed by atoms with Crippen LogP contribution in [-0.2, 0) is 9.59 Å². The fourth-order valence-electron chi connectivity index (χ4n) is 2.43. The zero-order valence-electron chi connectivity index (χ0n) is 13.8. The number of rotatable bonds is 6. The molecule has 0 aliphatic carbocycles. The highest BCUT2D eigenvalue weighted by atomic mass is 16.3. The van der Waals surface area contributed by atoms with Crippen LogP contribution in [0.1, 0.15) is 33.6 Å². The molecule has 1 fully saturated rings. The van der Waals surface area contributed by atoms with Gasteiger partial charge in [0, 0.05) is 32.3 Å². The number of likely N-dealkylation sites (N-methyl/N-ethyl adjacent to an activating group) is 1. The van der Waals surface area contributed by atoms with Crippen LogP contribution in [0.2, 0.25) is 0 Å². The molecule has 1 aliphatic rings. The predicted molar refractivity (Wildman–Crippen MR) is 83.9 cm³/mol. The van der Waals surface area contributed by atoms with Crippen LogP contribution >= 0.6 is 0 Å². The second-order valence-electron chi connectivity index (χ2n) is 5.17. The first-order valence-corrected chi connectivity index (χ1v) is 7.88. The molecule has 0 aromatic heterocycles. The fourth-order valence-corrected chi connectivity index (χ4v) is 2.43. The normalized spacial score (nSPS) is 18.8. The van der Waals surface area contributed by atoms with Crippen molar-refractivity contribution < 1.29 is 14.7 Å². The lowest BCUT2D eigenvalue weighted by Gasteiger charge is -2.28. The largest absolute Gasteiger partial charge is 0.396 e. The summed E-state index contributed by atoms with van der Waals surface area (Å²) < 4.78 is 0. The number of aliphatic hydroxyl groups excluding tert-OH is 1. The van der Waals surface area contributed by atoms with E-state index in [4.69, 9.17) is 5.11 Å². The Morgan fingerprint density at radius 1 is 1.29 bits per heavy atom. The molecule has 21 heavy (non-hydrogen) atoms. The highest BCUT2D eigenvalue weighted by molar-refractivity contribution is 5.79.